The molecule has 1 atom stereocenters. The van der Waals surface area contributed by atoms with Crippen LogP contribution < -0.4 is 0 Å². The third-order valence-corrected chi connectivity index (χ3v) is 3.31. The molecule has 1 rings (SSSR count). The smallest absolute Gasteiger partial charge is 0.300 e. The first-order valence-corrected chi connectivity index (χ1v) is 7.30. The molecule has 0 saturated carbocycles. The van der Waals surface area contributed by atoms with Gasteiger partial charge in [-0.1, -0.05) is 57.5 Å². The van der Waals surface area contributed by atoms with Gasteiger partial charge in [0, 0.05) is 5.92 Å². The molecule has 0 aromatic carbocycles. The summed E-state index contributed by atoms with van der Waals surface area (Å²) >= 11 is 0. The Hall–Kier alpha value is -1.00. The maximum absolute atomic E-state index is 12.5. The molecule has 0 bridgehead atoms. The number of halogens is 2. The minimum absolute atomic E-state index is 0.136. The van der Waals surface area contributed by atoms with Crippen LogP contribution in [-0.2, 0) is 0 Å². The molecule has 0 aliphatic carbocycles. The highest BCUT2D eigenvalue weighted by atomic mass is 19.3. The first-order valence-electron chi connectivity index (χ1n) is 7.30. The van der Waals surface area contributed by atoms with E-state index in [0.717, 1.165) is 32.1 Å². The van der Waals surface area contributed by atoms with E-state index in [1.165, 1.54) is 19.3 Å². The van der Waals surface area contributed by atoms with Gasteiger partial charge < -0.3 is 4.52 Å². The molecule has 1 aromatic rings. The predicted octanol–water partition coefficient (Wildman–Crippen LogP) is 5.25. The van der Waals surface area contributed by atoms with Crippen LogP contribution in [0.3, 0.4) is 0 Å². The summed E-state index contributed by atoms with van der Waals surface area (Å²) in [5, 5.41) is 3.35. The Kier molecular flexibility index (Phi) is 7.60. The maximum Gasteiger partial charge on any atom is 0.300 e. The van der Waals surface area contributed by atoms with Crippen molar-refractivity contribution in [1.29, 1.82) is 0 Å². The topological polar surface area (TPSA) is 38.9 Å². The molecule has 3 nitrogen and oxygen atoms in total. The van der Waals surface area contributed by atoms with Crippen molar-refractivity contribution in [2.24, 2.45) is 0 Å². The predicted molar refractivity (Wildman–Crippen MR) is 70.3 cm³/mol. The van der Waals surface area contributed by atoms with E-state index in [0.29, 0.717) is 5.89 Å². The van der Waals surface area contributed by atoms with Gasteiger partial charge in [0.1, 0.15) is 0 Å². The minimum atomic E-state index is -2.65. The van der Waals surface area contributed by atoms with E-state index in [4.69, 9.17) is 4.52 Å². The van der Waals surface area contributed by atoms with E-state index in [1.54, 1.807) is 0 Å². The van der Waals surface area contributed by atoms with Crippen LogP contribution in [0.2, 0.25) is 0 Å². The number of hydrogen-bond donors (Lipinski definition) is 0. The lowest BCUT2D eigenvalue weighted by atomic mass is 9.95. The van der Waals surface area contributed by atoms with Crippen molar-refractivity contribution in [1.82, 2.24) is 10.1 Å². The monoisotopic (exact) mass is 274 g/mol. The van der Waals surface area contributed by atoms with Gasteiger partial charge in [-0.25, -0.2) is 8.78 Å². The van der Waals surface area contributed by atoms with Crippen molar-refractivity contribution in [2.45, 2.75) is 77.6 Å². The third-order valence-electron chi connectivity index (χ3n) is 3.31. The Morgan fingerprint density at radius 2 is 1.68 bits per heavy atom. The number of rotatable bonds is 10. The van der Waals surface area contributed by atoms with E-state index in [2.05, 4.69) is 24.0 Å². The molecule has 0 fully saturated rings. The molecule has 1 heterocycles. The van der Waals surface area contributed by atoms with Crippen LogP contribution in [0.5, 0.6) is 0 Å². The number of hydrogen-bond acceptors (Lipinski definition) is 3. The van der Waals surface area contributed by atoms with E-state index >= 15 is 0 Å². The van der Waals surface area contributed by atoms with Crippen LogP contribution in [0.15, 0.2) is 4.52 Å². The van der Waals surface area contributed by atoms with Crippen LogP contribution in [0.1, 0.15) is 89.3 Å². The standard InChI is InChI=1S/C14H24F2N2O/c1-3-5-7-8-10-11(9-6-4-2)14-17-13(12(15)16)18-19-14/h11-12H,3-10H2,1-2H3. The molecule has 0 aliphatic heterocycles. The molecule has 0 spiro atoms. The summed E-state index contributed by atoms with van der Waals surface area (Å²) in [6.07, 6.45) is 6.06. The summed E-state index contributed by atoms with van der Waals surface area (Å²) in [5.41, 5.74) is 0. The number of alkyl halides is 2. The van der Waals surface area contributed by atoms with Crippen LogP contribution in [0.4, 0.5) is 8.78 Å². The second-order valence-corrected chi connectivity index (χ2v) is 4.98. The summed E-state index contributed by atoms with van der Waals surface area (Å²) in [7, 11) is 0. The fourth-order valence-corrected chi connectivity index (χ4v) is 2.16. The molecule has 19 heavy (non-hydrogen) atoms. The van der Waals surface area contributed by atoms with Gasteiger partial charge in [-0.05, 0) is 12.8 Å². The van der Waals surface area contributed by atoms with Crippen LogP contribution in [0.25, 0.3) is 0 Å². The average molecular weight is 274 g/mol. The maximum atomic E-state index is 12.5. The molecule has 0 aliphatic rings. The zero-order valence-corrected chi connectivity index (χ0v) is 11.9. The highest BCUT2D eigenvalue weighted by Gasteiger charge is 2.21. The molecule has 0 radical (unpaired) electrons. The van der Waals surface area contributed by atoms with Crippen molar-refractivity contribution in [2.75, 3.05) is 0 Å². The lowest BCUT2D eigenvalue weighted by Gasteiger charge is -2.11. The Balaban J connectivity index is 2.55. The van der Waals surface area contributed by atoms with Gasteiger partial charge in [0.05, 0.1) is 0 Å². The van der Waals surface area contributed by atoms with Crippen molar-refractivity contribution in [3.05, 3.63) is 11.7 Å². The fourth-order valence-electron chi connectivity index (χ4n) is 2.16. The largest absolute Gasteiger partial charge is 0.339 e. The van der Waals surface area contributed by atoms with Gasteiger partial charge >= 0.3 is 6.43 Å². The van der Waals surface area contributed by atoms with Crippen molar-refractivity contribution >= 4 is 0 Å². The molecular formula is C14H24F2N2O. The summed E-state index contributed by atoms with van der Waals surface area (Å²) < 4.78 is 29.9. The quantitative estimate of drug-likeness (QED) is 0.547. The summed E-state index contributed by atoms with van der Waals surface area (Å²) in [6.45, 7) is 4.29. The van der Waals surface area contributed by atoms with Gasteiger partial charge in [0.15, 0.2) is 0 Å². The summed E-state index contributed by atoms with van der Waals surface area (Å²) in [6, 6.07) is 0. The molecular weight excluding hydrogens is 250 g/mol. The molecule has 110 valence electrons. The molecule has 0 saturated heterocycles. The Bertz CT molecular complexity index is 342. The van der Waals surface area contributed by atoms with Crippen LogP contribution in [0, 0.1) is 0 Å². The third kappa shape index (κ3) is 5.66. The lowest BCUT2D eigenvalue weighted by molar-refractivity contribution is 0.136. The molecule has 0 amide bonds. The Labute approximate surface area is 113 Å². The van der Waals surface area contributed by atoms with Gasteiger partial charge in [0.25, 0.3) is 0 Å². The van der Waals surface area contributed by atoms with Gasteiger partial charge in [0.2, 0.25) is 11.7 Å². The second kappa shape index (κ2) is 8.99. The van der Waals surface area contributed by atoms with Crippen molar-refractivity contribution in [3.63, 3.8) is 0 Å². The van der Waals surface area contributed by atoms with Crippen LogP contribution in [-0.4, -0.2) is 10.1 Å². The highest BCUT2D eigenvalue weighted by Crippen LogP contribution is 2.28. The molecule has 5 heteroatoms. The number of nitrogens with zero attached hydrogens (tertiary/aromatic N) is 2. The molecule has 1 aromatic heterocycles. The van der Waals surface area contributed by atoms with E-state index < -0.39 is 12.2 Å². The van der Waals surface area contributed by atoms with Gasteiger partial charge in [-0.15, -0.1) is 0 Å². The van der Waals surface area contributed by atoms with Gasteiger partial charge in [-0.2, -0.15) is 4.98 Å². The Morgan fingerprint density at radius 1 is 1.00 bits per heavy atom. The summed E-state index contributed by atoms with van der Waals surface area (Å²) in [5.74, 6) is 0.0436. The Morgan fingerprint density at radius 3 is 2.26 bits per heavy atom. The van der Waals surface area contributed by atoms with E-state index in [1.807, 2.05) is 0 Å². The zero-order valence-electron chi connectivity index (χ0n) is 11.9. The van der Waals surface area contributed by atoms with E-state index in [-0.39, 0.29) is 5.92 Å². The fraction of sp³-hybridized carbons (Fsp3) is 0.857. The first-order chi connectivity index (χ1) is 9.19. The van der Waals surface area contributed by atoms with Crippen molar-refractivity contribution in [3.8, 4) is 0 Å². The minimum Gasteiger partial charge on any atom is -0.339 e. The highest BCUT2D eigenvalue weighted by molar-refractivity contribution is 4.94. The second-order valence-electron chi connectivity index (χ2n) is 4.98. The molecule has 0 N–H and O–H groups in total. The van der Waals surface area contributed by atoms with Gasteiger partial charge in [-0.3, -0.25) is 0 Å². The summed E-state index contributed by atoms with van der Waals surface area (Å²) in [4.78, 5) is 3.83. The van der Waals surface area contributed by atoms with Crippen LogP contribution >= 0.6 is 0 Å². The normalized spacial score (nSPS) is 13.1. The first kappa shape index (κ1) is 16.1. The van der Waals surface area contributed by atoms with E-state index in [9.17, 15) is 8.78 Å². The lowest BCUT2D eigenvalue weighted by Crippen LogP contribution is -2.00. The zero-order chi connectivity index (χ0) is 14.1. The SMILES string of the molecule is CCCCCCC(CCCC)c1nc(C(F)F)no1. The molecule has 1 unspecified atom stereocenters. The number of unbranched alkanes of at least 4 members (excludes halogenated alkanes) is 4. The van der Waals surface area contributed by atoms with Crippen molar-refractivity contribution < 1.29 is 13.3 Å². The number of aromatic nitrogens is 2. The average Bonchev–Trinajstić information content (AvgIpc) is 2.87.